The van der Waals surface area contributed by atoms with Gasteiger partial charge in [0.1, 0.15) is 12.1 Å². The first-order valence-electron chi connectivity index (χ1n) is 5.87. The van der Waals surface area contributed by atoms with Gasteiger partial charge in [0, 0.05) is 5.69 Å². The van der Waals surface area contributed by atoms with Gasteiger partial charge in [-0.2, -0.15) is 10.5 Å². The molecule has 0 radical (unpaired) electrons. The molecule has 0 spiro atoms. The molecule has 0 amide bonds. The van der Waals surface area contributed by atoms with Crippen LogP contribution in [0.3, 0.4) is 0 Å². The molecule has 3 rings (SSSR count). The van der Waals surface area contributed by atoms with Gasteiger partial charge in [-0.05, 0) is 30.3 Å². The number of para-hydroxylation sites is 1. The Bertz CT molecular complexity index is 834. The van der Waals surface area contributed by atoms with Crippen LogP contribution < -0.4 is 5.32 Å². The van der Waals surface area contributed by atoms with E-state index >= 15 is 0 Å². The van der Waals surface area contributed by atoms with Gasteiger partial charge in [0.05, 0.1) is 21.3 Å². The van der Waals surface area contributed by atoms with Crippen LogP contribution in [0.5, 0.6) is 0 Å². The SMILES string of the molecule is N#Cc1ccc(Nc2nc3ccccc3s2)cc1C#N. The van der Waals surface area contributed by atoms with Crippen molar-refractivity contribution in [1.29, 1.82) is 10.5 Å². The molecule has 5 heteroatoms. The van der Waals surface area contributed by atoms with Crippen molar-refractivity contribution in [2.45, 2.75) is 0 Å². The lowest BCUT2D eigenvalue weighted by atomic mass is 10.1. The highest BCUT2D eigenvalue weighted by Gasteiger charge is 2.06. The molecular weight excluding hydrogens is 268 g/mol. The molecule has 3 aromatic rings. The summed E-state index contributed by atoms with van der Waals surface area (Å²) in [6, 6.07) is 17.0. The normalized spacial score (nSPS) is 9.90. The topological polar surface area (TPSA) is 72.5 Å². The van der Waals surface area contributed by atoms with E-state index < -0.39 is 0 Å². The van der Waals surface area contributed by atoms with Crippen LogP contribution in [0, 0.1) is 22.7 Å². The fourth-order valence-corrected chi connectivity index (χ4v) is 2.75. The molecule has 0 saturated carbocycles. The number of hydrogen-bond acceptors (Lipinski definition) is 5. The molecule has 94 valence electrons. The molecule has 4 nitrogen and oxygen atoms in total. The first-order valence-corrected chi connectivity index (χ1v) is 6.68. The Morgan fingerprint density at radius 3 is 2.55 bits per heavy atom. The third kappa shape index (κ3) is 2.18. The lowest BCUT2D eigenvalue weighted by Crippen LogP contribution is -1.91. The van der Waals surface area contributed by atoms with Crippen molar-refractivity contribution in [2.75, 3.05) is 5.32 Å². The number of aromatic nitrogens is 1. The molecule has 0 aliphatic heterocycles. The number of rotatable bonds is 2. The summed E-state index contributed by atoms with van der Waals surface area (Å²) in [6.07, 6.45) is 0. The Kier molecular flexibility index (Phi) is 3.04. The zero-order valence-corrected chi connectivity index (χ0v) is 11.1. The van der Waals surface area contributed by atoms with E-state index in [0.717, 1.165) is 21.0 Å². The second-order valence-electron chi connectivity index (χ2n) is 4.10. The third-order valence-corrected chi connectivity index (χ3v) is 3.76. The first kappa shape index (κ1) is 12.2. The van der Waals surface area contributed by atoms with Crippen molar-refractivity contribution < 1.29 is 0 Å². The Balaban J connectivity index is 1.95. The van der Waals surface area contributed by atoms with Crippen molar-refractivity contribution >= 4 is 32.4 Å². The van der Waals surface area contributed by atoms with E-state index in [1.54, 1.807) is 29.5 Å². The fourth-order valence-electron chi connectivity index (χ4n) is 1.86. The quantitative estimate of drug-likeness (QED) is 0.773. The van der Waals surface area contributed by atoms with Crippen molar-refractivity contribution in [1.82, 2.24) is 4.98 Å². The highest BCUT2D eigenvalue weighted by atomic mass is 32.1. The number of benzene rings is 2. The van der Waals surface area contributed by atoms with Crippen LogP contribution in [0.2, 0.25) is 0 Å². The Morgan fingerprint density at radius 1 is 1.00 bits per heavy atom. The largest absolute Gasteiger partial charge is 0.331 e. The maximum atomic E-state index is 9.01. The molecule has 0 aliphatic rings. The van der Waals surface area contributed by atoms with Gasteiger partial charge in [0.2, 0.25) is 0 Å². The van der Waals surface area contributed by atoms with Crippen molar-refractivity contribution in [2.24, 2.45) is 0 Å². The lowest BCUT2D eigenvalue weighted by molar-refractivity contribution is 1.41. The number of thiazole rings is 1. The van der Waals surface area contributed by atoms with Gasteiger partial charge in [0.15, 0.2) is 5.13 Å². The molecule has 2 aromatic carbocycles. The van der Waals surface area contributed by atoms with Crippen LogP contribution in [-0.2, 0) is 0 Å². The van der Waals surface area contributed by atoms with Crippen LogP contribution in [0.25, 0.3) is 10.2 Å². The Labute approximate surface area is 119 Å². The van der Waals surface area contributed by atoms with Gasteiger partial charge in [-0.3, -0.25) is 0 Å². The minimum absolute atomic E-state index is 0.360. The van der Waals surface area contributed by atoms with Gasteiger partial charge in [-0.15, -0.1) is 0 Å². The summed E-state index contributed by atoms with van der Waals surface area (Å²) >= 11 is 1.55. The molecule has 0 bridgehead atoms. The van der Waals surface area contributed by atoms with Crippen molar-refractivity contribution in [3.63, 3.8) is 0 Å². The third-order valence-electron chi connectivity index (χ3n) is 2.81. The average molecular weight is 276 g/mol. The monoisotopic (exact) mass is 276 g/mol. The predicted octanol–water partition coefficient (Wildman–Crippen LogP) is 3.78. The zero-order chi connectivity index (χ0) is 13.9. The van der Waals surface area contributed by atoms with E-state index in [0.29, 0.717) is 11.1 Å². The van der Waals surface area contributed by atoms with Gasteiger partial charge >= 0.3 is 0 Å². The summed E-state index contributed by atoms with van der Waals surface area (Å²) in [4.78, 5) is 4.47. The fraction of sp³-hybridized carbons (Fsp3) is 0. The highest BCUT2D eigenvalue weighted by molar-refractivity contribution is 7.22. The molecule has 0 aliphatic carbocycles. The summed E-state index contributed by atoms with van der Waals surface area (Å²) in [5.41, 5.74) is 2.43. The van der Waals surface area contributed by atoms with Crippen LogP contribution in [0.1, 0.15) is 11.1 Å². The number of hydrogen-bond donors (Lipinski definition) is 1. The maximum absolute atomic E-state index is 9.01. The van der Waals surface area contributed by atoms with E-state index in [1.165, 1.54) is 0 Å². The molecule has 20 heavy (non-hydrogen) atoms. The van der Waals surface area contributed by atoms with E-state index in [1.807, 2.05) is 36.4 Å². The average Bonchev–Trinajstić information content (AvgIpc) is 2.89. The predicted molar refractivity (Wildman–Crippen MR) is 78.8 cm³/mol. The van der Waals surface area contributed by atoms with E-state index in [-0.39, 0.29) is 0 Å². The van der Waals surface area contributed by atoms with Gasteiger partial charge < -0.3 is 5.32 Å². The Hall–Kier alpha value is -2.89. The summed E-state index contributed by atoms with van der Waals surface area (Å²) in [7, 11) is 0. The van der Waals surface area contributed by atoms with Gasteiger partial charge in [-0.25, -0.2) is 4.98 Å². The van der Waals surface area contributed by atoms with Gasteiger partial charge in [0.25, 0.3) is 0 Å². The number of nitrogens with zero attached hydrogens (tertiary/aromatic N) is 3. The smallest absolute Gasteiger partial charge is 0.188 e. The molecule has 0 fully saturated rings. The molecule has 0 unspecified atom stereocenters. The summed E-state index contributed by atoms with van der Waals surface area (Å²) in [6.45, 7) is 0. The van der Waals surface area contributed by atoms with E-state index in [9.17, 15) is 0 Å². The van der Waals surface area contributed by atoms with Crippen LogP contribution in [0.4, 0.5) is 10.8 Å². The minimum Gasteiger partial charge on any atom is -0.331 e. The first-order chi connectivity index (χ1) is 9.80. The maximum Gasteiger partial charge on any atom is 0.188 e. The molecule has 1 aromatic heterocycles. The van der Waals surface area contributed by atoms with E-state index in [4.69, 9.17) is 10.5 Å². The number of nitrogens with one attached hydrogen (secondary N) is 1. The number of fused-ring (bicyclic) bond motifs is 1. The Morgan fingerprint density at radius 2 is 1.80 bits per heavy atom. The minimum atomic E-state index is 0.360. The second-order valence-corrected chi connectivity index (χ2v) is 5.13. The molecular formula is C15H8N4S. The number of anilines is 2. The van der Waals surface area contributed by atoms with Crippen LogP contribution >= 0.6 is 11.3 Å². The lowest BCUT2D eigenvalue weighted by Gasteiger charge is -2.03. The summed E-state index contributed by atoms with van der Waals surface area (Å²) in [5, 5.41) is 21.8. The van der Waals surface area contributed by atoms with Crippen LogP contribution in [-0.4, -0.2) is 4.98 Å². The van der Waals surface area contributed by atoms with Gasteiger partial charge in [-0.1, -0.05) is 23.5 Å². The summed E-state index contributed by atoms with van der Waals surface area (Å²) < 4.78 is 1.10. The number of nitriles is 2. The molecule has 0 atom stereocenters. The molecule has 1 N–H and O–H groups in total. The van der Waals surface area contributed by atoms with Crippen molar-refractivity contribution in [3.05, 3.63) is 53.6 Å². The summed E-state index contributed by atoms with van der Waals surface area (Å²) in [5.74, 6) is 0. The molecule has 0 saturated heterocycles. The van der Waals surface area contributed by atoms with Crippen LogP contribution in [0.15, 0.2) is 42.5 Å². The second kappa shape index (κ2) is 5.00. The standard InChI is InChI=1S/C15H8N4S/c16-8-10-5-6-12(7-11(10)9-17)18-15-19-13-3-1-2-4-14(13)20-15/h1-7H,(H,18,19). The highest BCUT2D eigenvalue weighted by Crippen LogP contribution is 2.28. The zero-order valence-electron chi connectivity index (χ0n) is 10.3. The molecule has 1 heterocycles. The van der Waals surface area contributed by atoms with E-state index in [2.05, 4.69) is 10.3 Å². The van der Waals surface area contributed by atoms with Crippen molar-refractivity contribution in [3.8, 4) is 12.1 Å².